The molecule has 1 amide bonds. The molecule has 1 heterocycles. The van der Waals surface area contributed by atoms with Crippen molar-refractivity contribution in [2.45, 2.75) is 32.6 Å². The predicted octanol–water partition coefficient (Wildman–Crippen LogP) is 3.38. The molecule has 0 aromatic heterocycles. The van der Waals surface area contributed by atoms with Crippen molar-refractivity contribution in [2.24, 2.45) is 0 Å². The number of carbonyl (C=O) groups excluding carboxylic acids is 1. The lowest BCUT2D eigenvalue weighted by Gasteiger charge is -2.22. The van der Waals surface area contributed by atoms with Crippen molar-refractivity contribution in [3.63, 3.8) is 0 Å². The van der Waals surface area contributed by atoms with Crippen molar-refractivity contribution in [2.75, 3.05) is 19.7 Å². The molecule has 0 bridgehead atoms. The molecule has 1 N–H and O–H groups in total. The quantitative estimate of drug-likeness (QED) is 0.678. The highest BCUT2D eigenvalue weighted by molar-refractivity contribution is 7.80. The summed E-state index contributed by atoms with van der Waals surface area (Å²) in [6.45, 7) is 4.46. The molecular formula is C18H24N2O2S. The maximum Gasteiger partial charge on any atom is 0.250 e. The van der Waals surface area contributed by atoms with Gasteiger partial charge >= 0.3 is 0 Å². The van der Waals surface area contributed by atoms with Gasteiger partial charge in [0.2, 0.25) is 5.91 Å². The number of thiocarbonyl (C=S) groups is 1. The number of benzene rings is 1. The third-order valence-corrected chi connectivity index (χ3v) is 4.10. The van der Waals surface area contributed by atoms with Gasteiger partial charge in [0.05, 0.1) is 6.61 Å². The first-order valence-electron chi connectivity index (χ1n) is 8.20. The van der Waals surface area contributed by atoms with E-state index in [0.717, 1.165) is 37.2 Å². The smallest absolute Gasteiger partial charge is 0.250 e. The van der Waals surface area contributed by atoms with E-state index in [9.17, 15) is 4.79 Å². The molecule has 0 atom stereocenters. The molecule has 23 heavy (non-hydrogen) atoms. The first kappa shape index (κ1) is 17.5. The van der Waals surface area contributed by atoms with E-state index in [1.165, 1.54) is 18.9 Å². The Morgan fingerprint density at radius 1 is 1.22 bits per heavy atom. The zero-order chi connectivity index (χ0) is 16.5. The summed E-state index contributed by atoms with van der Waals surface area (Å²) in [5.41, 5.74) is 0.948. The second-order valence-electron chi connectivity index (χ2n) is 5.53. The number of nitrogens with zero attached hydrogens (tertiary/aromatic N) is 1. The Bertz CT molecular complexity index is 547. The number of ether oxygens (including phenoxy) is 1. The summed E-state index contributed by atoms with van der Waals surface area (Å²) in [6, 6.07) is 7.62. The highest BCUT2D eigenvalue weighted by Crippen LogP contribution is 2.13. The highest BCUT2D eigenvalue weighted by atomic mass is 32.1. The van der Waals surface area contributed by atoms with Gasteiger partial charge in [-0.2, -0.15) is 0 Å². The Kier molecular flexibility index (Phi) is 7.07. The second kappa shape index (κ2) is 9.30. The van der Waals surface area contributed by atoms with Crippen molar-refractivity contribution < 1.29 is 9.53 Å². The van der Waals surface area contributed by atoms with Crippen LogP contribution in [0, 0.1) is 0 Å². The maximum atomic E-state index is 12.0. The fourth-order valence-electron chi connectivity index (χ4n) is 2.51. The van der Waals surface area contributed by atoms with Gasteiger partial charge in [-0.1, -0.05) is 25.0 Å². The Balaban J connectivity index is 1.84. The van der Waals surface area contributed by atoms with Crippen LogP contribution in [0.1, 0.15) is 38.2 Å². The van der Waals surface area contributed by atoms with E-state index in [2.05, 4.69) is 10.2 Å². The molecule has 1 fully saturated rings. The molecule has 1 aliphatic heterocycles. The minimum atomic E-state index is -0.187. The van der Waals surface area contributed by atoms with E-state index in [1.54, 1.807) is 6.08 Å². The van der Waals surface area contributed by atoms with Crippen LogP contribution in [0.4, 0.5) is 0 Å². The van der Waals surface area contributed by atoms with Gasteiger partial charge < -0.3 is 9.64 Å². The van der Waals surface area contributed by atoms with Crippen LogP contribution in [-0.2, 0) is 4.79 Å². The lowest BCUT2D eigenvalue weighted by atomic mass is 10.2. The Morgan fingerprint density at radius 2 is 1.87 bits per heavy atom. The standard InChI is InChI=1S/C18H24N2O2S/c1-2-22-16-10-7-15(8-11-16)9-12-17(21)19-18(23)20-13-5-3-4-6-14-20/h7-12H,2-6,13-14H2,1H3,(H,19,21,23)/b12-9+. The first-order valence-corrected chi connectivity index (χ1v) is 8.60. The van der Waals surface area contributed by atoms with Crippen LogP contribution in [0.25, 0.3) is 6.08 Å². The SMILES string of the molecule is CCOc1ccc(/C=C/C(=O)NC(=S)N2CCCCCC2)cc1. The van der Waals surface area contributed by atoms with Crippen LogP contribution in [0.3, 0.4) is 0 Å². The maximum absolute atomic E-state index is 12.0. The minimum Gasteiger partial charge on any atom is -0.494 e. The molecular weight excluding hydrogens is 308 g/mol. The van der Waals surface area contributed by atoms with Gasteiger partial charge in [0, 0.05) is 19.2 Å². The molecule has 0 unspecified atom stereocenters. The van der Waals surface area contributed by atoms with Crippen molar-refractivity contribution >= 4 is 29.3 Å². The van der Waals surface area contributed by atoms with Crippen LogP contribution >= 0.6 is 12.2 Å². The lowest BCUT2D eigenvalue weighted by Crippen LogP contribution is -2.42. The number of hydrogen-bond donors (Lipinski definition) is 1. The predicted molar refractivity (Wildman–Crippen MR) is 97.4 cm³/mol. The fourth-order valence-corrected chi connectivity index (χ4v) is 2.80. The van der Waals surface area contributed by atoms with Gasteiger partial charge in [0.25, 0.3) is 0 Å². The Labute approximate surface area is 143 Å². The third-order valence-electron chi connectivity index (χ3n) is 3.74. The number of hydrogen-bond acceptors (Lipinski definition) is 3. The van der Waals surface area contributed by atoms with Crippen LogP contribution in [0.5, 0.6) is 5.75 Å². The van der Waals surface area contributed by atoms with Gasteiger partial charge in [0.1, 0.15) is 5.75 Å². The molecule has 1 aromatic carbocycles. The zero-order valence-electron chi connectivity index (χ0n) is 13.6. The summed E-state index contributed by atoms with van der Waals surface area (Å²) in [7, 11) is 0. The third kappa shape index (κ3) is 6.02. The normalized spacial score (nSPS) is 15.3. The average Bonchev–Trinajstić information content (AvgIpc) is 2.84. The van der Waals surface area contributed by atoms with E-state index in [0.29, 0.717) is 11.7 Å². The van der Waals surface area contributed by atoms with E-state index in [4.69, 9.17) is 17.0 Å². The van der Waals surface area contributed by atoms with Crippen molar-refractivity contribution in [3.05, 3.63) is 35.9 Å². The molecule has 4 nitrogen and oxygen atoms in total. The average molecular weight is 332 g/mol. The highest BCUT2D eigenvalue weighted by Gasteiger charge is 2.13. The van der Waals surface area contributed by atoms with Gasteiger partial charge in [0.15, 0.2) is 5.11 Å². The van der Waals surface area contributed by atoms with Crippen LogP contribution < -0.4 is 10.1 Å². The molecule has 1 aliphatic rings. The molecule has 2 rings (SSSR count). The monoisotopic (exact) mass is 332 g/mol. The number of amides is 1. The molecule has 124 valence electrons. The first-order chi connectivity index (χ1) is 11.2. The minimum absolute atomic E-state index is 0.187. The van der Waals surface area contributed by atoms with Gasteiger partial charge in [-0.15, -0.1) is 0 Å². The molecule has 0 aliphatic carbocycles. The summed E-state index contributed by atoms with van der Waals surface area (Å²) in [5.74, 6) is 0.643. The zero-order valence-corrected chi connectivity index (χ0v) is 14.4. The van der Waals surface area contributed by atoms with Crippen molar-refractivity contribution in [3.8, 4) is 5.75 Å². The van der Waals surface area contributed by atoms with E-state index < -0.39 is 0 Å². The van der Waals surface area contributed by atoms with Crippen molar-refractivity contribution in [1.82, 2.24) is 10.2 Å². The summed E-state index contributed by atoms with van der Waals surface area (Å²) in [6.07, 6.45) is 8.04. The Hall–Kier alpha value is -1.88. The number of carbonyl (C=O) groups is 1. The van der Waals surface area contributed by atoms with E-state index in [-0.39, 0.29) is 5.91 Å². The summed E-state index contributed by atoms with van der Waals surface area (Å²) in [5, 5.41) is 3.32. The second-order valence-corrected chi connectivity index (χ2v) is 5.92. The summed E-state index contributed by atoms with van der Waals surface area (Å²) >= 11 is 5.33. The van der Waals surface area contributed by atoms with Gasteiger partial charge in [-0.05, 0) is 55.8 Å². The largest absolute Gasteiger partial charge is 0.494 e. The topological polar surface area (TPSA) is 41.6 Å². The number of nitrogens with one attached hydrogen (secondary N) is 1. The molecule has 1 saturated heterocycles. The van der Waals surface area contributed by atoms with Crippen LogP contribution in [0.2, 0.25) is 0 Å². The van der Waals surface area contributed by atoms with Gasteiger partial charge in [-0.25, -0.2) is 0 Å². The van der Waals surface area contributed by atoms with E-state index in [1.807, 2.05) is 31.2 Å². The molecule has 5 heteroatoms. The molecule has 1 aromatic rings. The van der Waals surface area contributed by atoms with E-state index >= 15 is 0 Å². The lowest BCUT2D eigenvalue weighted by molar-refractivity contribution is -0.115. The molecule has 0 saturated carbocycles. The Morgan fingerprint density at radius 3 is 2.48 bits per heavy atom. The fraction of sp³-hybridized carbons (Fsp3) is 0.444. The number of rotatable bonds is 4. The van der Waals surface area contributed by atoms with Crippen LogP contribution in [0.15, 0.2) is 30.3 Å². The van der Waals surface area contributed by atoms with Crippen LogP contribution in [-0.4, -0.2) is 35.6 Å². The molecule has 0 radical (unpaired) electrons. The summed E-state index contributed by atoms with van der Waals surface area (Å²) < 4.78 is 5.39. The van der Waals surface area contributed by atoms with Gasteiger partial charge in [-0.3, -0.25) is 10.1 Å². The number of likely N-dealkylation sites (tertiary alicyclic amines) is 1. The molecule has 0 spiro atoms. The van der Waals surface area contributed by atoms with Crippen molar-refractivity contribution in [1.29, 1.82) is 0 Å². The summed E-state index contributed by atoms with van der Waals surface area (Å²) in [4.78, 5) is 14.1.